The first kappa shape index (κ1) is 14.9. The van der Waals surface area contributed by atoms with Crippen LogP contribution >= 0.6 is 0 Å². The number of nitrogens with one attached hydrogen (secondary N) is 1. The van der Waals surface area contributed by atoms with Crippen molar-refractivity contribution in [3.8, 4) is 0 Å². The van der Waals surface area contributed by atoms with Crippen molar-refractivity contribution in [3.05, 3.63) is 65.5 Å². The van der Waals surface area contributed by atoms with Gasteiger partial charge in [0.2, 0.25) is 0 Å². The molecule has 0 bridgehead atoms. The number of para-hydroxylation sites is 1. The van der Waals surface area contributed by atoms with Gasteiger partial charge in [-0.1, -0.05) is 18.2 Å². The van der Waals surface area contributed by atoms with Crippen LogP contribution in [-0.2, 0) is 10.3 Å². The molecule has 3 nitrogen and oxygen atoms in total. The van der Waals surface area contributed by atoms with Gasteiger partial charge < -0.3 is 10.4 Å². The van der Waals surface area contributed by atoms with Gasteiger partial charge in [0.1, 0.15) is 5.82 Å². The monoisotopic (exact) mass is 295 g/mol. The van der Waals surface area contributed by atoms with E-state index in [-0.39, 0.29) is 11.3 Å². The van der Waals surface area contributed by atoms with Gasteiger partial charge in [-0.15, -0.1) is 0 Å². The van der Waals surface area contributed by atoms with Gasteiger partial charge >= 0.3 is 5.97 Å². The van der Waals surface area contributed by atoms with Crippen molar-refractivity contribution in [2.75, 3.05) is 5.32 Å². The molecule has 2 aromatic rings. The molecule has 1 unspecified atom stereocenters. The fraction of sp³-hybridized carbons (Fsp3) is 0.133. The van der Waals surface area contributed by atoms with Crippen molar-refractivity contribution in [1.29, 1.82) is 0 Å². The third-order valence-corrected chi connectivity index (χ3v) is 3.18. The fourth-order valence-corrected chi connectivity index (χ4v) is 1.89. The maximum absolute atomic E-state index is 13.7. The highest BCUT2D eigenvalue weighted by molar-refractivity contribution is 5.84. The lowest BCUT2D eigenvalue weighted by atomic mass is 9.91. The fourth-order valence-electron chi connectivity index (χ4n) is 1.89. The number of aliphatic carboxylic acids is 1. The second-order valence-electron chi connectivity index (χ2n) is 4.66. The summed E-state index contributed by atoms with van der Waals surface area (Å²) in [5.41, 5.74) is -1.89. The smallest absolute Gasteiger partial charge is 0.333 e. The van der Waals surface area contributed by atoms with Gasteiger partial charge in [0.25, 0.3) is 0 Å². The molecule has 2 aromatic carbocycles. The van der Waals surface area contributed by atoms with Crippen molar-refractivity contribution < 1.29 is 23.1 Å². The van der Waals surface area contributed by atoms with E-state index in [0.29, 0.717) is 0 Å². The lowest BCUT2D eigenvalue weighted by Gasteiger charge is -2.28. The molecule has 0 saturated heterocycles. The Balaban J connectivity index is 2.48. The van der Waals surface area contributed by atoms with Gasteiger partial charge in [0.05, 0.1) is 5.69 Å². The number of hydrogen-bond donors (Lipinski definition) is 2. The second-order valence-corrected chi connectivity index (χ2v) is 4.66. The minimum Gasteiger partial charge on any atom is -0.479 e. The van der Waals surface area contributed by atoms with Gasteiger partial charge in [0, 0.05) is 0 Å². The largest absolute Gasteiger partial charge is 0.479 e. The van der Waals surface area contributed by atoms with E-state index in [1.165, 1.54) is 25.1 Å². The minimum absolute atomic E-state index is 0.0304. The highest BCUT2D eigenvalue weighted by atomic mass is 19.2. The molecule has 2 N–H and O–H groups in total. The number of carbonyl (C=O) groups is 1. The molecule has 0 aliphatic heterocycles. The normalized spacial score (nSPS) is 13.5. The highest BCUT2D eigenvalue weighted by Crippen LogP contribution is 2.29. The van der Waals surface area contributed by atoms with E-state index < -0.39 is 29.0 Å². The maximum Gasteiger partial charge on any atom is 0.333 e. The Bertz CT molecular complexity index is 690. The first-order valence-corrected chi connectivity index (χ1v) is 6.06. The summed E-state index contributed by atoms with van der Waals surface area (Å²) in [6.45, 7) is 1.24. The van der Waals surface area contributed by atoms with E-state index in [1.807, 2.05) is 0 Å². The molecule has 0 aliphatic rings. The van der Waals surface area contributed by atoms with Crippen LogP contribution in [0, 0.1) is 17.5 Å². The highest BCUT2D eigenvalue weighted by Gasteiger charge is 2.36. The second kappa shape index (κ2) is 5.47. The van der Waals surface area contributed by atoms with Crippen LogP contribution < -0.4 is 5.32 Å². The van der Waals surface area contributed by atoms with E-state index in [2.05, 4.69) is 5.32 Å². The van der Waals surface area contributed by atoms with Gasteiger partial charge in [-0.3, -0.25) is 0 Å². The molecular formula is C15H12F3NO2. The van der Waals surface area contributed by atoms with Gasteiger partial charge in [-0.05, 0) is 36.8 Å². The summed E-state index contributed by atoms with van der Waals surface area (Å²) < 4.78 is 40.0. The standard InChI is InChI=1S/C15H12F3NO2/c1-15(14(20)21,9-6-7-10(16)12(18)8-9)19-13-5-3-2-4-11(13)17/h2-8,19H,1H3,(H,20,21). The van der Waals surface area contributed by atoms with Crippen LogP contribution in [0.15, 0.2) is 42.5 Å². The van der Waals surface area contributed by atoms with Crippen LogP contribution in [0.2, 0.25) is 0 Å². The molecule has 0 spiro atoms. The summed E-state index contributed by atoms with van der Waals surface area (Å²) in [6.07, 6.45) is 0. The van der Waals surface area contributed by atoms with Crippen molar-refractivity contribution in [2.24, 2.45) is 0 Å². The Morgan fingerprint density at radius 1 is 1.05 bits per heavy atom. The molecule has 0 fully saturated rings. The molecule has 21 heavy (non-hydrogen) atoms. The van der Waals surface area contributed by atoms with E-state index in [1.54, 1.807) is 0 Å². The molecule has 0 radical (unpaired) electrons. The zero-order chi connectivity index (χ0) is 15.6. The Hall–Kier alpha value is -2.50. The summed E-state index contributed by atoms with van der Waals surface area (Å²) in [5, 5.41) is 11.9. The average molecular weight is 295 g/mol. The van der Waals surface area contributed by atoms with E-state index in [4.69, 9.17) is 0 Å². The van der Waals surface area contributed by atoms with Gasteiger partial charge in [0.15, 0.2) is 17.2 Å². The number of benzene rings is 2. The van der Waals surface area contributed by atoms with Crippen molar-refractivity contribution in [3.63, 3.8) is 0 Å². The average Bonchev–Trinajstić information content (AvgIpc) is 2.44. The Morgan fingerprint density at radius 3 is 2.29 bits per heavy atom. The molecule has 0 heterocycles. The number of rotatable bonds is 4. The lowest BCUT2D eigenvalue weighted by Crippen LogP contribution is -2.40. The van der Waals surface area contributed by atoms with E-state index >= 15 is 0 Å². The Morgan fingerprint density at radius 2 is 1.71 bits per heavy atom. The third kappa shape index (κ3) is 2.84. The third-order valence-electron chi connectivity index (χ3n) is 3.18. The molecule has 1 atom stereocenters. The van der Waals surface area contributed by atoms with E-state index in [9.17, 15) is 23.1 Å². The number of anilines is 1. The zero-order valence-electron chi connectivity index (χ0n) is 11.0. The summed E-state index contributed by atoms with van der Waals surface area (Å²) >= 11 is 0. The summed E-state index contributed by atoms with van der Waals surface area (Å²) in [7, 11) is 0. The summed E-state index contributed by atoms with van der Waals surface area (Å²) in [5.74, 6) is -4.25. The van der Waals surface area contributed by atoms with Crippen molar-refractivity contribution >= 4 is 11.7 Å². The molecule has 0 saturated carbocycles. The van der Waals surface area contributed by atoms with Crippen LogP contribution in [0.4, 0.5) is 18.9 Å². The van der Waals surface area contributed by atoms with Crippen LogP contribution in [0.25, 0.3) is 0 Å². The molecule has 6 heteroatoms. The lowest BCUT2D eigenvalue weighted by molar-refractivity contribution is -0.142. The first-order valence-electron chi connectivity index (χ1n) is 6.06. The quantitative estimate of drug-likeness (QED) is 0.907. The van der Waals surface area contributed by atoms with Gasteiger partial charge in [-0.2, -0.15) is 0 Å². The van der Waals surface area contributed by atoms with Crippen LogP contribution in [0.3, 0.4) is 0 Å². The number of halogens is 3. The molecular weight excluding hydrogens is 283 g/mol. The van der Waals surface area contributed by atoms with Crippen LogP contribution in [-0.4, -0.2) is 11.1 Å². The zero-order valence-corrected chi connectivity index (χ0v) is 11.0. The molecule has 110 valence electrons. The van der Waals surface area contributed by atoms with Crippen molar-refractivity contribution in [1.82, 2.24) is 0 Å². The number of hydrogen-bond acceptors (Lipinski definition) is 2. The molecule has 0 aliphatic carbocycles. The predicted molar refractivity (Wildman–Crippen MR) is 71.4 cm³/mol. The van der Waals surface area contributed by atoms with E-state index in [0.717, 1.165) is 24.3 Å². The van der Waals surface area contributed by atoms with Gasteiger partial charge in [-0.25, -0.2) is 18.0 Å². The minimum atomic E-state index is -1.81. The van der Waals surface area contributed by atoms with Crippen LogP contribution in [0.1, 0.15) is 12.5 Å². The summed E-state index contributed by atoms with van der Waals surface area (Å²) in [4.78, 5) is 11.5. The van der Waals surface area contributed by atoms with Crippen LogP contribution in [0.5, 0.6) is 0 Å². The Labute approximate surface area is 119 Å². The number of carboxylic acid groups (broad SMARTS) is 1. The van der Waals surface area contributed by atoms with Crippen molar-refractivity contribution in [2.45, 2.75) is 12.5 Å². The predicted octanol–water partition coefficient (Wildman–Crippen LogP) is 3.52. The molecule has 0 amide bonds. The topological polar surface area (TPSA) is 49.3 Å². The first-order chi connectivity index (χ1) is 9.84. The maximum atomic E-state index is 13.7. The summed E-state index contributed by atoms with van der Waals surface area (Å²) in [6, 6.07) is 8.24. The number of carboxylic acids is 1. The SMILES string of the molecule is CC(Nc1ccccc1F)(C(=O)O)c1ccc(F)c(F)c1. The molecule has 2 rings (SSSR count). The molecule has 0 aromatic heterocycles. The Kier molecular flexibility index (Phi) is 3.88.